The van der Waals surface area contributed by atoms with Crippen molar-refractivity contribution in [2.45, 2.75) is 0 Å². The highest BCUT2D eigenvalue weighted by atomic mass is 35.5. The molecule has 1 rings (SSSR count). The van der Waals surface area contributed by atoms with Crippen LogP contribution in [0.1, 0.15) is 5.56 Å². The van der Waals surface area contributed by atoms with Gasteiger partial charge in [0.25, 0.3) is 0 Å². The molecule has 68 valence electrons. The number of nitrogens with one attached hydrogen (secondary N) is 1. The Kier molecular flexibility index (Phi) is 3.97. The van der Waals surface area contributed by atoms with Crippen LogP contribution in [0.2, 0.25) is 10.4 Å². The van der Waals surface area contributed by atoms with Crippen LogP contribution in [0.15, 0.2) is 6.20 Å². The van der Waals surface area contributed by atoms with Gasteiger partial charge in [-0.25, -0.2) is 9.97 Å². The molecule has 1 aromatic heterocycles. The lowest BCUT2D eigenvalue weighted by atomic mass is 10.3. The zero-order chi connectivity index (χ0) is 9.68. The van der Waals surface area contributed by atoms with Gasteiger partial charge in [0.05, 0.1) is 12.1 Å². The second-order valence-corrected chi connectivity index (χ2v) is 2.87. The van der Waals surface area contributed by atoms with Crippen molar-refractivity contribution in [2.24, 2.45) is 0 Å². The maximum absolute atomic E-state index is 5.75. The predicted octanol–water partition coefficient (Wildman–Crippen LogP) is 1.35. The number of rotatable bonds is 1. The summed E-state index contributed by atoms with van der Waals surface area (Å²) >= 11 is 11.3. The summed E-state index contributed by atoms with van der Waals surface area (Å²) in [4.78, 5) is 7.51. The van der Waals surface area contributed by atoms with Crippen molar-refractivity contribution in [1.82, 2.24) is 15.3 Å². The third-order valence-corrected chi connectivity index (χ3v) is 1.67. The lowest BCUT2D eigenvalue weighted by Crippen LogP contribution is -2.04. The van der Waals surface area contributed by atoms with Crippen LogP contribution in [0.3, 0.4) is 0 Å². The van der Waals surface area contributed by atoms with Gasteiger partial charge >= 0.3 is 0 Å². The summed E-state index contributed by atoms with van der Waals surface area (Å²) in [7, 11) is 1.81. The van der Waals surface area contributed by atoms with Gasteiger partial charge in [0, 0.05) is 6.20 Å². The van der Waals surface area contributed by atoms with E-state index in [0.717, 1.165) is 0 Å². The quantitative estimate of drug-likeness (QED) is 0.437. The average Bonchev–Trinajstić information content (AvgIpc) is 2.09. The molecule has 0 amide bonds. The number of hydrogen-bond donors (Lipinski definition) is 1. The van der Waals surface area contributed by atoms with E-state index in [-0.39, 0.29) is 10.4 Å². The molecule has 0 aliphatic heterocycles. The first-order valence-corrected chi connectivity index (χ1v) is 4.31. The Morgan fingerprint density at radius 3 is 2.92 bits per heavy atom. The van der Waals surface area contributed by atoms with Crippen molar-refractivity contribution >= 4 is 23.2 Å². The van der Waals surface area contributed by atoms with E-state index in [1.165, 1.54) is 6.20 Å². The van der Waals surface area contributed by atoms with Gasteiger partial charge in [-0.2, -0.15) is 0 Å². The Morgan fingerprint density at radius 1 is 1.54 bits per heavy atom. The van der Waals surface area contributed by atoms with Gasteiger partial charge in [0.1, 0.15) is 5.15 Å². The first-order chi connectivity index (χ1) is 6.24. The van der Waals surface area contributed by atoms with Gasteiger partial charge in [-0.15, -0.1) is 0 Å². The molecule has 3 nitrogen and oxygen atoms in total. The molecule has 0 bridgehead atoms. The standard InChI is InChI=1S/C8H7Cl2N3/c1-11-4-2-3-6-5-12-8(10)13-7(6)9/h5,11H,4H2,1H3. The van der Waals surface area contributed by atoms with E-state index in [9.17, 15) is 0 Å². The fraction of sp³-hybridized carbons (Fsp3) is 0.250. The highest BCUT2D eigenvalue weighted by Gasteiger charge is 1.99. The molecule has 0 fully saturated rings. The van der Waals surface area contributed by atoms with Gasteiger partial charge in [-0.05, 0) is 18.6 Å². The van der Waals surface area contributed by atoms with E-state index < -0.39 is 0 Å². The number of aromatic nitrogens is 2. The zero-order valence-electron chi connectivity index (χ0n) is 6.93. The molecule has 0 aromatic carbocycles. The van der Waals surface area contributed by atoms with Crippen molar-refractivity contribution < 1.29 is 0 Å². The van der Waals surface area contributed by atoms with Gasteiger partial charge in [0.15, 0.2) is 0 Å². The summed E-state index contributed by atoms with van der Waals surface area (Å²) in [6, 6.07) is 0. The van der Waals surface area contributed by atoms with E-state index in [2.05, 4.69) is 27.1 Å². The summed E-state index contributed by atoms with van der Waals surface area (Å²) in [5.41, 5.74) is 0.585. The molecule has 0 unspecified atom stereocenters. The first kappa shape index (κ1) is 10.3. The van der Waals surface area contributed by atoms with E-state index in [0.29, 0.717) is 12.1 Å². The molecule has 0 radical (unpaired) electrons. The van der Waals surface area contributed by atoms with Crippen molar-refractivity contribution in [2.75, 3.05) is 13.6 Å². The lowest BCUT2D eigenvalue weighted by Gasteiger charge is -1.93. The molecule has 1 heterocycles. The maximum Gasteiger partial charge on any atom is 0.223 e. The monoisotopic (exact) mass is 215 g/mol. The normalized spacial score (nSPS) is 9.15. The van der Waals surface area contributed by atoms with E-state index in [4.69, 9.17) is 23.2 Å². The third kappa shape index (κ3) is 3.19. The molecule has 0 aliphatic carbocycles. The summed E-state index contributed by atoms with van der Waals surface area (Å²) < 4.78 is 0. The van der Waals surface area contributed by atoms with Crippen LogP contribution in [-0.2, 0) is 0 Å². The molecule has 13 heavy (non-hydrogen) atoms. The Bertz CT molecular complexity index is 354. The van der Waals surface area contributed by atoms with Crippen LogP contribution in [0, 0.1) is 11.8 Å². The van der Waals surface area contributed by atoms with E-state index in [1.54, 1.807) is 0 Å². The van der Waals surface area contributed by atoms with E-state index in [1.807, 2.05) is 7.05 Å². The smallest absolute Gasteiger partial charge is 0.223 e. The minimum Gasteiger partial charge on any atom is -0.309 e. The second-order valence-electron chi connectivity index (χ2n) is 2.18. The molecular formula is C8H7Cl2N3. The fourth-order valence-electron chi connectivity index (χ4n) is 0.653. The zero-order valence-corrected chi connectivity index (χ0v) is 8.45. The highest BCUT2D eigenvalue weighted by Crippen LogP contribution is 2.12. The van der Waals surface area contributed by atoms with Gasteiger partial charge < -0.3 is 5.32 Å². The third-order valence-electron chi connectivity index (χ3n) is 1.20. The first-order valence-electron chi connectivity index (χ1n) is 3.55. The molecule has 0 saturated carbocycles. The summed E-state index contributed by atoms with van der Waals surface area (Å²) in [6.45, 7) is 0.596. The Hall–Kier alpha value is -0.820. The molecule has 0 spiro atoms. The van der Waals surface area contributed by atoms with Gasteiger partial charge in [-0.1, -0.05) is 23.4 Å². The highest BCUT2D eigenvalue weighted by molar-refractivity contribution is 6.32. The minimum absolute atomic E-state index is 0.129. The number of hydrogen-bond acceptors (Lipinski definition) is 3. The van der Waals surface area contributed by atoms with Crippen molar-refractivity contribution in [3.63, 3.8) is 0 Å². The predicted molar refractivity (Wildman–Crippen MR) is 52.9 cm³/mol. The average molecular weight is 216 g/mol. The number of nitrogens with zero attached hydrogens (tertiary/aromatic N) is 2. The van der Waals surface area contributed by atoms with Crippen LogP contribution in [0.5, 0.6) is 0 Å². The topological polar surface area (TPSA) is 37.8 Å². The largest absolute Gasteiger partial charge is 0.309 e. The molecule has 5 heteroatoms. The number of halogens is 2. The molecular weight excluding hydrogens is 209 g/mol. The summed E-state index contributed by atoms with van der Waals surface area (Å²) in [6.07, 6.45) is 1.50. The van der Waals surface area contributed by atoms with Gasteiger partial charge in [0.2, 0.25) is 5.28 Å². The SMILES string of the molecule is CNCC#Cc1cnc(Cl)nc1Cl. The Morgan fingerprint density at radius 2 is 2.31 bits per heavy atom. The second kappa shape index (κ2) is 5.03. The fourth-order valence-corrected chi connectivity index (χ4v) is 1.01. The van der Waals surface area contributed by atoms with Crippen LogP contribution in [0.4, 0.5) is 0 Å². The molecule has 0 aliphatic rings. The summed E-state index contributed by atoms with van der Waals surface area (Å²) in [5.74, 6) is 5.66. The molecule has 0 saturated heterocycles. The molecule has 1 aromatic rings. The van der Waals surface area contributed by atoms with Crippen LogP contribution in [-0.4, -0.2) is 23.6 Å². The van der Waals surface area contributed by atoms with Crippen LogP contribution in [0.25, 0.3) is 0 Å². The molecule has 1 N–H and O–H groups in total. The van der Waals surface area contributed by atoms with Crippen molar-refractivity contribution in [1.29, 1.82) is 0 Å². The van der Waals surface area contributed by atoms with Crippen molar-refractivity contribution in [3.8, 4) is 11.8 Å². The minimum atomic E-state index is 0.129. The Labute approximate surface area is 86.5 Å². The van der Waals surface area contributed by atoms with Crippen LogP contribution >= 0.6 is 23.2 Å². The van der Waals surface area contributed by atoms with Gasteiger partial charge in [-0.3, -0.25) is 0 Å². The van der Waals surface area contributed by atoms with Crippen LogP contribution < -0.4 is 5.32 Å². The lowest BCUT2D eigenvalue weighted by molar-refractivity contribution is 0.938. The van der Waals surface area contributed by atoms with E-state index >= 15 is 0 Å². The molecule has 0 atom stereocenters. The van der Waals surface area contributed by atoms with Crippen molar-refractivity contribution in [3.05, 3.63) is 22.2 Å². The summed E-state index contributed by atoms with van der Waals surface area (Å²) in [5, 5.41) is 3.30. The maximum atomic E-state index is 5.75. The Balaban J connectivity index is 2.85.